The zero-order valence-corrected chi connectivity index (χ0v) is 10.8. The number of nitrogens with one attached hydrogen (secondary N) is 2. The lowest BCUT2D eigenvalue weighted by Crippen LogP contribution is -2.08. The highest BCUT2D eigenvalue weighted by atomic mass is 16.3. The van der Waals surface area contributed by atoms with Gasteiger partial charge in [-0.05, 0) is 24.4 Å². The zero-order chi connectivity index (χ0) is 14.5. The van der Waals surface area contributed by atoms with Gasteiger partial charge in [0.1, 0.15) is 5.76 Å². The van der Waals surface area contributed by atoms with Crippen LogP contribution in [-0.2, 0) is 0 Å². The molecule has 0 atom stereocenters. The number of hydrogen-bond acceptors (Lipinski definition) is 4. The second-order valence-corrected chi connectivity index (χ2v) is 4.25. The lowest BCUT2D eigenvalue weighted by atomic mass is 9.94. The predicted molar refractivity (Wildman–Crippen MR) is 82.0 cm³/mol. The maximum atomic E-state index is 10.3. The minimum absolute atomic E-state index is 0.0296. The van der Waals surface area contributed by atoms with Crippen LogP contribution in [0.1, 0.15) is 5.56 Å². The molecule has 1 aromatic carbocycles. The largest absolute Gasteiger partial charge is 0.507 e. The number of rotatable bonds is 3. The van der Waals surface area contributed by atoms with Gasteiger partial charge >= 0.3 is 0 Å². The topological polar surface area (TPSA) is 94.0 Å². The molecule has 5 N–H and O–H groups in total. The van der Waals surface area contributed by atoms with Crippen molar-refractivity contribution in [3.05, 3.63) is 77.5 Å². The Morgan fingerprint density at radius 1 is 1.15 bits per heavy atom. The molecule has 1 aliphatic carbocycles. The van der Waals surface area contributed by atoms with Gasteiger partial charge in [-0.15, -0.1) is 0 Å². The van der Waals surface area contributed by atoms with Gasteiger partial charge in [0.05, 0.1) is 11.4 Å². The molecule has 0 aromatic heterocycles. The van der Waals surface area contributed by atoms with Crippen LogP contribution in [0.15, 0.2) is 72.0 Å². The first-order valence-electron chi connectivity index (χ1n) is 6.08. The van der Waals surface area contributed by atoms with Crippen molar-refractivity contribution in [2.75, 3.05) is 0 Å². The van der Waals surface area contributed by atoms with E-state index in [2.05, 4.69) is 0 Å². The Morgan fingerprint density at radius 3 is 2.50 bits per heavy atom. The summed E-state index contributed by atoms with van der Waals surface area (Å²) in [6.07, 6.45) is 7.59. The molecule has 0 bridgehead atoms. The minimum atomic E-state index is 0.0296. The SMILES string of the molecule is N=C(/C=C\N)C1=C/C(=C(/O)c2ccccc2)C(=N)C=C1. The molecule has 0 spiro atoms. The number of hydrogen-bond donors (Lipinski definition) is 4. The molecule has 0 unspecified atom stereocenters. The van der Waals surface area contributed by atoms with E-state index in [-0.39, 0.29) is 17.2 Å². The third-order valence-electron chi connectivity index (χ3n) is 2.90. The van der Waals surface area contributed by atoms with E-state index in [0.717, 1.165) is 0 Å². The summed E-state index contributed by atoms with van der Waals surface area (Å²) in [6, 6.07) is 9.03. The molecule has 20 heavy (non-hydrogen) atoms. The highest BCUT2D eigenvalue weighted by Crippen LogP contribution is 2.23. The second kappa shape index (κ2) is 5.84. The van der Waals surface area contributed by atoms with Crippen LogP contribution in [0.4, 0.5) is 0 Å². The Balaban J connectivity index is 2.47. The van der Waals surface area contributed by atoms with Crippen LogP contribution in [0.5, 0.6) is 0 Å². The van der Waals surface area contributed by atoms with E-state index < -0.39 is 0 Å². The van der Waals surface area contributed by atoms with Crippen molar-refractivity contribution < 1.29 is 5.11 Å². The summed E-state index contributed by atoms with van der Waals surface area (Å²) < 4.78 is 0. The minimum Gasteiger partial charge on any atom is -0.507 e. The lowest BCUT2D eigenvalue weighted by Gasteiger charge is -2.12. The number of aliphatic hydroxyl groups excluding tert-OH is 1. The van der Waals surface area contributed by atoms with E-state index >= 15 is 0 Å². The van der Waals surface area contributed by atoms with Gasteiger partial charge in [0.2, 0.25) is 0 Å². The van der Waals surface area contributed by atoms with Gasteiger partial charge in [0.15, 0.2) is 0 Å². The summed E-state index contributed by atoms with van der Waals surface area (Å²) in [7, 11) is 0. The Labute approximate surface area is 117 Å². The van der Waals surface area contributed by atoms with Gasteiger partial charge in [-0.3, -0.25) is 0 Å². The van der Waals surface area contributed by atoms with Crippen LogP contribution >= 0.6 is 0 Å². The van der Waals surface area contributed by atoms with Crippen LogP contribution in [0.2, 0.25) is 0 Å². The second-order valence-electron chi connectivity index (χ2n) is 4.25. The molecule has 100 valence electrons. The lowest BCUT2D eigenvalue weighted by molar-refractivity contribution is 0.510. The van der Waals surface area contributed by atoms with Gasteiger partial charge in [-0.2, -0.15) is 0 Å². The summed E-state index contributed by atoms with van der Waals surface area (Å²) in [5, 5.41) is 26.0. The Hall–Kier alpha value is -2.88. The fourth-order valence-corrected chi connectivity index (χ4v) is 1.85. The molecule has 0 radical (unpaired) electrons. The Morgan fingerprint density at radius 2 is 1.85 bits per heavy atom. The number of nitrogens with two attached hydrogens (primary N) is 1. The quantitative estimate of drug-likeness (QED) is 0.499. The van der Waals surface area contributed by atoms with Crippen molar-refractivity contribution in [2.24, 2.45) is 5.73 Å². The highest BCUT2D eigenvalue weighted by Gasteiger charge is 2.14. The number of aliphatic hydroxyl groups is 1. The van der Waals surface area contributed by atoms with Crippen molar-refractivity contribution in [1.29, 1.82) is 10.8 Å². The molecule has 0 aliphatic heterocycles. The average Bonchev–Trinajstić information content (AvgIpc) is 2.48. The first kappa shape index (κ1) is 13.5. The van der Waals surface area contributed by atoms with E-state index in [0.29, 0.717) is 16.7 Å². The summed E-state index contributed by atoms with van der Waals surface area (Å²) in [5.41, 5.74) is 7.34. The van der Waals surface area contributed by atoms with Crippen molar-refractivity contribution >= 4 is 17.2 Å². The normalized spacial score (nSPS) is 17.2. The molecular formula is C16H15N3O. The van der Waals surface area contributed by atoms with Crippen molar-refractivity contribution in [3.63, 3.8) is 0 Å². The summed E-state index contributed by atoms with van der Waals surface area (Å²) >= 11 is 0. The van der Waals surface area contributed by atoms with Gasteiger partial charge in [-0.1, -0.05) is 36.4 Å². The van der Waals surface area contributed by atoms with Crippen LogP contribution in [0, 0.1) is 10.8 Å². The molecule has 0 heterocycles. The molecule has 0 saturated heterocycles. The highest BCUT2D eigenvalue weighted by molar-refractivity contribution is 6.19. The van der Waals surface area contributed by atoms with Gasteiger partial charge in [0.25, 0.3) is 0 Å². The first-order chi connectivity index (χ1) is 9.63. The monoisotopic (exact) mass is 265 g/mol. The van der Waals surface area contributed by atoms with E-state index in [4.69, 9.17) is 16.6 Å². The van der Waals surface area contributed by atoms with E-state index in [1.54, 1.807) is 30.4 Å². The maximum absolute atomic E-state index is 10.3. The van der Waals surface area contributed by atoms with Crippen LogP contribution in [0.25, 0.3) is 5.76 Å². The van der Waals surface area contributed by atoms with Crippen molar-refractivity contribution in [3.8, 4) is 0 Å². The molecule has 1 aliphatic rings. The molecule has 1 aromatic rings. The van der Waals surface area contributed by atoms with Crippen LogP contribution in [0.3, 0.4) is 0 Å². The molecule has 0 saturated carbocycles. The van der Waals surface area contributed by atoms with Crippen LogP contribution < -0.4 is 5.73 Å². The fourth-order valence-electron chi connectivity index (χ4n) is 1.85. The molecule has 0 amide bonds. The molecule has 4 heteroatoms. The first-order valence-corrected chi connectivity index (χ1v) is 6.08. The summed E-state index contributed by atoms with van der Waals surface area (Å²) in [6.45, 7) is 0. The summed E-state index contributed by atoms with van der Waals surface area (Å²) in [5.74, 6) is 0.0296. The predicted octanol–water partition coefficient (Wildman–Crippen LogP) is 2.96. The molecule has 4 nitrogen and oxygen atoms in total. The van der Waals surface area contributed by atoms with E-state index in [9.17, 15) is 5.11 Å². The summed E-state index contributed by atoms with van der Waals surface area (Å²) in [4.78, 5) is 0. The average molecular weight is 265 g/mol. The maximum Gasteiger partial charge on any atom is 0.132 e. The third kappa shape index (κ3) is 2.75. The van der Waals surface area contributed by atoms with Gasteiger partial charge < -0.3 is 21.7 Å². The fraction of sp³-hybridized carbons (Fsp3) is 0. The number of allylic oxidation sites excluding steroid dienone is 6. The molecular weight excluding hydrogens is 250 g/mol. The van der Waals surface area contributed by atoms with Gasteiger partial charge in [0, 0.05) is 16.7 Å². The van der Waals surface area contributed by atoms with E-state index in [1.165, 1.54) is 12.3 Å². The zero-order valence-electron chi connectivity index (χ0n) is 10.8. The van der Waals surface area contributed by atoms with Gasteiger partial charge in [-0.25, -0.2) is 0 Å². The third-order valence-corrected chi connectivity index (χ3v) is 2.90. The van der Waals surface area contributed by atoms with Crippen molar-refractivity contribution in [2.45, 2.75) is 0 Å². The molecule has 2 rings (SSSR count). The van der Waals surface area contributed by atoms with Crippen molar-refractivity contribution in [1.82, 2.24) is 0 Å². The van der Waals surface area contributed by atoms with Crippen LogP contribution in [-0.4, -0.2) is 16.5 Å². The standard InChI is InChI=1S/C16H15N3O/c17-9-8-14(18)12-6-7-15(19)13(10-12)16(20)11-4-2-1-3-5-11/h1-10,18-20H,17H2/b9-8-,16-13-,18-14?,19-15?. The Kier molecular flexibility index (Phi) is 3.96. The molecule has 0 fully saturated rings. The number of benzene rings is 1. The Bertz CT molecular complexity index is 664. The smallest absolute Gasteiger partial charge is 0.132 e. The van der Waals surface area contributed by atoms with E-state index in [1.807, 2.05) is 18.2 Å².